The number of unbranched alkanes of at least 4 members (excludes halogenated alkanes) is 1. The molecule has 2 heterocycles. The largest absolute Gasteiger partial charge is 0.468 e. The molecule has 2 saturated heterocycles. The molecule has 0 aromatic rings. The van der Waals surface area contributed by atoms with Crippen LogP contribution in [0, 0.1) is 0 Å². The molecule has 2 atom stereocenters. The van der Waals surface area contributed by atoms with Crippen molar-refractivity contribution in [3.63, 3.8) is 0 Å². The summed E-state index contributed by atoms with van der Waals surface area (Å²) in [4.78, 5) is 16.8. The van der Waals surface area contributed by atoms with Crippen LogP contribution >= 0.6 is 0 Å². The van der Waals surface area contributed by atoms with Crippen LogP contribution in [0.2, 0.25) is 0 Å². The third-order valence-corrected chi connectivity index (χ3v) is 4.50. The topological polar surface area (TPSA) is 42.0 Å². The summed E-state index contributed by atoms with van der Waals surface area (Å²) < 4.78 is 10.4. The molecule has 5 heteroatoms. The highest BCUT2D eigenvalue weighted by Crippen LogP contribution is 2.22. The molecule has 0 N–H and O–H groups in total. The number of hydrogen-bond donors (Lipinski definition) is 0. The van der Waals surface area contributed by atoms with Gasteiger partial charge < -0.3 is 9.47 Å². The monoisotopic (exact) mass is 284 g/mol. The minimum atomic E-state index is -0.0684. The molecule has 2 fully saturated rings. The number of methoxy groups -OCH3 is 1. The van der Waals surface area contributed by atoms with Crippen LogP contribution < -0.4 is 0 Å². The molecule has 0 radical (unpaired) electrons. The first-order valence-electron chi connectivity index (χ1n) is 7.90. The predicted octanol–water partition coefficient (Wildman–Crippen LogP) is 1.12. The second-order valence-electron chi connectivity index (χ2n) is 5.77. The summed E-state index contributed by atoms with van der Waals surface area (Å²) >= 11 is 0. The van der Waals surface area contributed by atoms with E-state index in [1.807, 2.05) is 0 Å². The molecule has 116 valence electrons. The van der Waals surface area contributed by atoms with Gasteiger partial charge in [0, 0.05) is 32.2 Å². The average molecular weight is 284 g/mol. The summed E-state index contributed by atoms with van der Waals surface area (Å²) in [6.07, 6.45) is 4.27. The smallest absolute Gasteiger partial charge is 0.323 e. The number of carbonyl (C=O) groups is 1. The third-order valence-electron chi connectivity index (χ3n) is 4.50. The average Bonchev–Trinajstić information content (AvgIpc) is 2.98. The van der Waals surface area contributed by atoms with Gasteiger partial charge in [0.1, 0.15) is 6.04 Å². The van der Waals surface area contributed by atoms with Crippen molar-refractivity contribution >= 4 is 5.97 Å². The summed E-state index contributed by atoms with van der Waals surface area (Å²) in [6, 6.07) is 0.527. The highest BCUT2D eigenvalue weighted by atomic mass is 16.5. The number of nitrogens with zero attached hydrogens (tertiary/aromatic N) is 2. The Kier molecular flexibility index (Phi) is 6.26. The van der Waals surface area contributed by atoms with Gasteiger partial charge >= 0.3 is 5.97 Å². The molecule has 2 aliphatic heterocycles. The van der Waals surface area contributed by atoms with Crippen LogP contribution in [-0.2, 0) is 14.3 Å². The van der Waals surface area contributed by atoms with Gasteiger partial charge in [-0.25, -0.2) is 0 Å². The fourth-order valence-corrected chi connectivity index (χ4v) is 3.27. The molecule has 2 unspecified atom stereocenters. The van der Waals surface area contributed by atoms with Crippen LogP contribution in [0.25, 0.3) is 0 Å². The highest BCUT2D eigenvalue weighted by Gasteiger charge is 2.35. The zero-order valence-electron chi connectivity index (χ0n) is 12.8. The molecule has 2 rings (SSSR count). The van der Waals surface area contributed by atoms with Crippen molar-refractivity contribution in [2.24, 2.45) is 0 Å². The van der Waals surface area contributed by atoms with Gasteiger partial charge in [0.25, 0.3) is 0 Å². The van der Waals surface area contributed by atoms with E-state index in [0.717, 1.165) is 65.1 Å². The lowest BCUT2D eigenvalue weighted by molar-refractivity contribution is -0.147. The van der Waals surface area contributed by atoms with Gasteiger partial charge in [-0.1, -0.05) is 19.8 Å². The Balaban J connectivity index is 1.88. The first-order valence-corrected chi connectivity index (χ1v) is 7.90. The maximum absolute atomic E-state index is 12.0. The molecule has 0 bridgehead atoms. The van der Waals surface area contributed by atoms with Gasteiger partial charge in [0.2, 0.25) is 0 Å². The first kappa shape index (κ1) is 15.7. The van der Waals surface area contributed by atoms with E-state index in [1.165, 1.54) is 7.11 Å². The van der Waals surface area contributed by atoms with Gasteiger partial charge in [-0.2, -0.15) is 0 Å². The van der Waals surface area contributed by atoms with E-state index >= 15 is 0 Å². The third kappa shape index (κ3) is 3.93. The zero-order chi connectivity index (χ0) is 14.4. The maximum Gasteiger partial charge on any atom is 0.323 e. The van der Waals surface area contributed by atoms with Crippen LogP contribution in [0.15, 0.2) is 0 Å². The number of esters is 1. The summed E-state index contributed by atoms with van der Waals surface area (Å²) in [5.41, 5.74) is 0. The Labute approximate surface area is 122 Å². The zero-order valence-corrected chi connectivity index (χ0v) is 12.8. The molecule has 0 spiro atoms. The van der Waals surface area contributed by atoms with E-state index in [0.29, 0.717) is 6.04 Å². The van der Waals surface area contributed by atoms with Crippen LogP contribution in [0.3, 0.4) is 0 Å². The highest BCUT2D eigenvalue weighted by molar-refractivity contribution is 5.75. The van der Waals surface area contributed by atoms with E-state index in [4.69, 9.17) is 9.47 Å². The molecule has 0 amide bonds. The first-order chi connectivity index (χ1) is 9.76. The molecular formula is C15H28N2O3. The van der Waals surface area contributed by atoms with Crippen LogP contribution in [0.4, 0.5) is 0 Å². The lowest BCUT2D eigenvalue weighted by Gasteiger charge is -2.33. The van der Waals surface area contributed by atoms with Gasteiger partial charge in [-0.15, -0.1) is 0 Å². The Morgan fingerprint density at radius 1 is 1.35 bits per heavy atom. The predicted molar refractivity (Wildman–Crippen MR) is 77.7 cm³/mol. The molecule has 5 nitrogen and oxygen atoms in total. The van der Waals surface area contributed by atoms with E-state index < -0.39 is 0 Å². The van der Waals surface area contributed by atoms with Crippen molar-refractivity contribution in [3.8, 4) is 0 Å². The summed E-state index contributed by atoms with van der Waals surface area (Å²) in [6.45, 7) is 7.89. The van der Waals surface area contributed by atoms with E-state index in [2.05, 4.69) is 16.7 Å². The van der Waals surface area contributed by atoms with Crippen molar-refractivity contribution < 1.29 is 14.3 Å². The Morgan fingerprint density at radius 2 is 2.10 bits per heavy atom. The molecule has 0 saturated carbocycles. The quantitative estimate of drug-likeness (QED) is 0.684. The van der Waals surface area contributed by atoms with Gasteiger partial charge in [0.05, 0.1) is 20.3 Å². The van der Waals surface area contributed by atoms with Crippen molar-refractivity contribution in [2.45, 2.75) is 44.7 Å². The minimum absolute atomic E-state index is 0.0500. The Bertz CT molecular complexity index is 305. The second-order valence-corrected chi connectivity index (χ2v) is 5.77. The van der Waals surface area contributed by atoms with Crippen molar-refractivity contribution in [1.82, 2.24) is 9.80 Å². The summed E-state index contributed by atoms with van der Waals surface area (Å²) in [5, 5.41) is 0. The van der Waals surface area contributed by atoms with Gasteiger partial charge in [-0.05, 0) is 12.8 Å². The molecular weight excluding hydrogens is 256 g/mol. The molecule has 0 aromatic heterocycles. The molecule has 0 aromatic carbocycles. The lowest BCUT2D eigenvalue weighted by Crippen LogP contribution is -2.47. The SMILES string of the molecule is CCCCC(C(=O)OC)N1CCC(N2CCOCC2)C1. The number of carbonyl (C=O) groups excluding carboxylic acids is 1. The van der Waals surface area contributed by atoms with Crippen LogP contribution in [0.1, 0.15) is 32.6 Å². The summed E-state index contributed by atoms with van der Waals surface area (Å²) in [5.74, 6) is -0.0684. The molecule has 20 heavy (non-hydrogen) atoms. The molecule has 0 aliphatic carbocycles. The maximum atomic E-state index is 12.0. The molecule has 2 aliphatic rings. The van der Waals surface area contributed by atoms with Crippen molar-refractivity contribution in [2.75, 3.05) is 46.5 Å². The van der Waals surface area contributed by atoms with Crippen LogP contribution in [0.5, 0.6) is 0 Å². The lowest BCUT2D eigenvalue weighted by atomic mass is 10.1. The van der Waals surface area contributed by atoms with Crippen molar-refractivity contribution in [3.05, 3.63) is 0 Å². The number of morpholine rings is 1. The van der Waals surface area contributed by atoms with E-state index in [1.54, 1.807) is 0 Å². The van der Waals surface area contributed by atoms with Crippen LogP contribution in [-0.4, -0.2) is 74.4 Å². The number of ether oxygens (including phenoxy) is 2. The second kappa shape index (κ2) is 7.96. The number of likely N-dealkylation sites (tertiary alicyclic amines) is 1. The normalized spacial score (nSPS) is 26.6. The fourth-order valence-electron chi connectivity index (χ4n) is 3.27. The Hall–Kier alpha value is -0.650. The number of rotatable bonds is 6. The van der Waals surface area contributed by atoms with Gasteiger partial charge in [-0.3, -0.25) is 14.6 Å². The van der Waals surface area contributed by atoms with Gasteiger partial charge in [0.15, 0.2) is 0 Å². The Morgan fingerprint density at radius 3 is 2.75 bits per heavy atom. The summed E-state index contributed by atoms with van der Waals surface area (Å²) in [7, 11) is 1.50. The van der Waals surface area contributed by atoms with E-state index in [-0.39, 0.29) is 12.0 Å². The number of hydrogen-bond acceptors (Lipinski definition) is 5. The van der Waals surface area contributed by atoms with Crippen molar-refractivity contribution in [1.29, 1.82) is 0 Å². The fraction of sp³-hybridized carbons (Fsp3) is 0.933. The van der Waals surface area contributed by atoms with E-state index in [9.17, 15) is 4.79 Å². The minimum Gasteiger partial charge on any atom is -0.468 e. The standard InChI is InChI=1S/C15H28N2O3/c1-3-4-5-14(15(18)19-2)17-7-6-13(12-17)16-8-10-20-11-9-16/h13-14H,3-12H2,1-2H3.